The van der Waals surface area contributed by atoms with E-state index in [4.69, 9.17) is 0 Å². The number of hydrogen-bond acceptors (Lipinski definition) is 3. The molecule has 0 spiro atoms. The highest BCUT2D eigenvalue weighted by molar-refractivity contribution is 7.10. The molecule has 0 amide bonds. The highest BCUT2D eigenvalue weighted by Crippen LogP contribution is 2.31. The molecule has 3 rings (SSSR count). The summed E-state index contributed by atoms with van der Waals surface area (Å²) in [6.07, 6.45) is 9.31. The summed E-state index contributed by atoms with van der Waals surface area (Å²) in [7, 11) is 0. The molecule has 1 saturated carbocycles. The summed E-state index contributed by atoms with van der Waals surface area (Å²) in [6.45, 7) is 3.05. The van der Waals surface area contributed by atoms with Crippen molar-refractivity contribution in [1.82, 2.24) is 9.55 Å². The number of rotatable bonds is 4. The Hall–Kier alpha value is -1.29. The number of hydrogen-bond donors (Lipinski definition) is 1. The maximum Gasteiger partial charge on any atom is 0.203 e. The molecule has 2 aromatic rings. The first-order valence-corrected chi connectivity index (χ1v) is 7.52. The van der Waals surface area contributed by atoms with Gasteiger partial charge in [0.25, 0.3) is 0 Å². The van der Waals surface area contributed by atoms with Crippen LogP contribution < -0.4 is 5.32 Å². The average molecular weight is 261 g/mol. The predicted molar refractivity (Wildman–Crippen MR) is 76.1 cm³/mol. The molecular formula is C14H19N3S. The molecule has 0 bridgehead atoms. The second-order valence-electron chi connectivity index (χ2n) is 4.98. The van der Waals surface area contributed by atoms with Gasteiger partial charge < -0.3 is 9.88 Å². The molecule has 4 heteroatoms. The standard InChI is InChI=1S/C14H19N3S/c1-11-6-9-18-13(11)10-16-14-15-7-8-17(14)12-4-2-3-5-12/h6-9,12H,2-5,10H2,1H3,(H,15,16). The van der Waals surface area contributed by atoms with Gasteiger partial charge in [0, 0.05) is 23.3 Å². The quantitative estimate of drug-likeness (QED) is 0.902. The second-order valence-corrected chi connectivity index (χ2v) is 5.98. The maximum atomic E-state index is 4.45. The van der Waals surface area contributed by atoms with Crippen molar-refractivity contribution in [2.45, 2.75) is 45.2 Å². The van der Waals surface area contributed by atoms with E-state index in [1.54, 1.807) is 0 Å². The third-order valence-corrected chi connectivity index (χ3v) is 4.78. The molecule has 18 heavy (non-hydrogen) atoms. The zero-order valence-electron chi connectivity index (χ0n) is 10.7. The van der Waals surface area contributed by atoms with Crippen molar-refractivity contribution >= 4 is 17.3 Å². The van der Waals surface area contributed by atoms with Crippen LogP contribution in [0.3, 0.4) is 0 Å². The highest BCUT2D eigenvalue weighted by atomic mass is 32.1. The number of anilines is 1. The van der Waals surface area contributed by atoms with Crippen LogP contribution in [-0.2, 0) is 6.54 Å². The Morgan fingerprint density at radius 2 is 2.28 bits per heavy atom. The fourth-order valence-electron chi connectivity index (χ4n) is 2.67. The van der Waals surface area contributed by atoms with Gasteiger partial charge in [0.2, 0.25) is 5.95 Å². The molecule has 0 radical (unpaired) electrons. The first-order chi connectivity index (χ1) is 8.84. The van der Waals surface area contributed by atoms with E-state index in [1.165, 1.54) is 36.1 Å². The highest BCUT2D eigenvalue weighted by Gasteiger charge is 2.19. The van der Waals surface area contributed by atoms with Gasteiger partial charge in [-0.25, -0.2) is 4.98 Å². The molecule has 2 aromatic heterocycles. The fourth-order valence-corrected chi connectivity index (χ4v) is 3.52. The Labute approximate surface area is 112 Å². The smallest absolute Gasteiger partial charge is 0.203 e. The molecule has 3 nitrogen and oxygen atoms in total. The number of thiophene rings is 1. The largest absolute Gasteiger partial charge is 0.351 e. The van der Waals surface area contributed by atoms with Crippen molar-refractivity contribution in [2.24, 2.45) is 0 Å². The SMILES string of the molecule is Cc1ccsc1CNc1nccn1C1CCCC1. The minimum atomic E-state index is 0.652. The van der Waals surface area contributed by atoms with Crippen LogP contribution in [0.25, 0.3) is 0 Å². The Morgan fingerprint density at radius 1 is 1.44 bits per heavy atom. The van der Waals surface area contributed by atoms with Gasteiger partial charge in [0.05, 0.1) is 6.54 Å². The number of nitrogens with zero attached hydrogens (tertiary/aromatic N) is 2. The molecule has 0 aromatic carbocycles. The van der Waals surface area contributed by atoms with Crippen molar-refractivity contribution in [2.75, 3.05) is 5.32 Å². The van der Waals surface area contributed by atoms with Crippen molar-refractivity contribution in [3.05, 3.63) is 34.3 Å². The van der Waals surface area contributed by atoms with Crippen LogP contribution in [0, 0.1) is 6.92 Å². The lowest BCUT2D eigenvalue weighted by Gasteiger charge is -2.15. The molecule has 0 saturated heterocycles. The molecule has 96 valence electrons. The first kappa shape index (κ1) is 11.8. The van der Waals surface area contributed by atoms with Crippen molar-refractivity contribution in [3.63, 3.8) is 0 Å². The lowest BCUT2D eigenvalue weighted by Crippen LogP contribution is -2.10. The predicted octanol–water partition coefficient (Wildman–Crippen LogP) is 3.98. The Bertz CT molecular complexity index is 509. The first-order valence-electron chi connectivity index (χ1n) is 6.64. The average Bonchev–Trinajstić information content (AvgIpc) is 3.07. The van der Waals surface area contributed by atoms with Gasteiger partial charge in [0.1, 0.15) is 0 Å². The van der Waals surface area contributed by atoms with E-state index in [0.717, 1.165) is 12.5 Å². The Balaban J connectivity index is 1.69. The molecule has 0 aliphatic heterocycles. The van der Waals surface area contributed by atoms with Crippen LogP contribution in [-0.4, -0.2) is 9.55 Å². The van der Waals surface area contributed by atoms with E-state index >= 15 is 0 Å². The van der Waals surface area contributed by atoms with Crippen LogP contribution in [0.5, 0.6) is 0 Å². The zero-order chi connectivity index (χ0) is 12.4. The number of nitrogens with one attached hydrogen (secondary N) is 1. The van der Waals surface area contributed by atoms with Crippen molar-refractivity contribution < 1.29 is 0 Å². The lowest BCUT2D eigenvalue weighted by molar-refractivity contribution is 0.523. The van der Waals surface area contributed by atoms with Crippen LogP contribution >= 0.6 is 11.3 Å². The van der Waals surface area contributed by atoms with Gasteiger partial charge in [-0.15, -0.1) is 11.3 Å². The van der Waals surface area contributed by atoms with E-state index < -0.39 is 0 Å². The summed E-state index contributed by atoms with van der Waals surface area (Å²) in [5, 5.41) is 5.62. The van der Waals surface area contributed by atoms with E-state index in [-0.39, 0.29) is 0 Å². The molecule has 1 fully saturated rings. The van der Waals surface area contributed by atoms with Crippen LogP contribution in [0.1, 0.15) is 42.2 Å². The summed E-state index contributed by atoms with van der Waals surface area (Å²) in [5.41, 5.74) is 1.37. The molecule has 1 aliphatic rings. The minimum Gasteiger partial charge on any atom is -0.351 e. The molecule has 1 N–H and O–H groups in total. The monoisotopic (exact) mass is 261 g/mol. The Morgan fingerprint density at radius 3 is 3.00 bits per heavy atom. The fraction of sp³-hybridized carbons (Fsp3) is 0.500. The topological polar surface area (TPSA) is 29.9 Å². The summed E-state index contributed by atoms with van der Waals surface area (Å²) >= 11 is 1.81. The van der Waals surface area contributed by atoms with Crippen LogP contribution in [0.4, 0.5) is 5.95 Å². The van der Waals surface area contributed by atoms with Crippen LogP contribution in [0.2, 0.25) is 0 Å². The maximum absolute atomic E-state index is 4.45. The number of aromatic nitrogens is 2. The minimum absolute atomic E-state index is 0.652. The van der Waals surface area contributed by atoms with Gasteiger partial charge >= 0.3 is 0 Å². The second kappa shape index (κ2) is 5.14. The molecule has 1 aliphatic carbocycles. The van der Waals surface area contributed by atoms with Gasteiger partial charge in [-0.2, -0.15) is 0 Å². The molecule has 0 unspecified atom stereocenters. The van der Waals surface area contributed by atoms with E-state index in [0.29, 0.717) is 6.04 Å². The normalized spacial score (nSPS) is 16.3. The van der Waals surface area contributed by atoms with E-state index in [2.05, 4.69) is 39.4 Å². The lowest BCUT2D eigenvalue weighted by atomic mass is 10.2. The van der Waals surface area contributed by atoms with E-state index in [1.807, 2.05) is 17.5 Å². The Kier molecular flexibility index (Phi) is 3.37. The zero-order valence-corrected chi connectivity index (χ0v) is 11.5. The molecular weight excluding hydrogens is 242 g/mol. The summed E-state index contributed by atoms with van der Waals surface area (Å²) in [6, 6.07) is 2.82. The van der Waals surface area contributed by atoms with Gasteiger partial charge in [0.15, 0.2) is 0 Å². The summed E-state index contributed by atoms with van der Waals surface area (Å²) in [5.74, 6) is 1.02. The summed E-state index contributed by atoms with van der Waals surface area (Å²) in [4.78, 5) is 5.85. The van der Waals surface area contributed by atoms with Gasteiger partial charge in [-0.1, -0.05) is 12.8 Å². The van der Waals surface area contributed by atoms with Gasteiger partial charge in [-0.3, -0.25) is 0 Å². The summed E-state index contributed by atoms with van der Waals surface area (Å²) < 4.78 is 2.32. The molecule has 0 atom stereocenters. The molecule has 2 heterocycles. The van der Waals surface area contributed by atoms with Crippen LogP contribution in [0.15, 0.2) is 23.8 Å². The van der Waals surface area contributed by atoms with E-state index in [9.17, 15) is 0 Å². The van der Waals surface area contributed by atoms with Crippen molar-refractivity contribution in [3.8, 4) is 0 Å². The third kappa shape index (κ3) is 2.29. The number of aryl methyl sites for hydroxylation is 1. The van der Waals surface area contributed by atoms with Gasteiger partial charge in [-0.05, 0) is 36.8 Å². The third-order valence-electron chi connectivity index (χ3n) is 3.76. The van der Waals surface area contributed by atoms with Crippen molar-refractivity contribution in [1.29, 1.82) is 0 Å². The number of imidazole rings is 1.